The number of anilines is 2. The van der Waals surface area contributed by atoms with E-state index in [9.17, 15) is 19.7 Å². The molecule has 3 aromatic carbocycles. The van der Waals surface area contributed by atoms with Gasteiger partial charge in [-0.25, -0.2) is 0 Å². The first-order valence-corrected chi connectivity index (χ1v) is 11.5. The Morgan fingerprint density at radius 1 is 0.943 bits per heavy atom. The number of hydrogen-bond donors (Lipinski definition) is 2. The van der Waals surface area contributed by atoms with E-state index < -0.39 is 10.2 Å². The SMILES string of the molecule is COc1ccc(C(=O)Nc2ccc(SC(C)C(=O)Nc3ccc([N+](=O)[O-])cc3C)cc2)cc1OC. The van der Waals surface area contributed by atoms with Crippen LogP contribution in [0.3, 0.4) is 0 Å². The highest BCUT2D eigenvalue weighted by Gasteiger charge is 2.17. The molecule has 1 unspecified atom stereocenters. The lowest BCUT2D eigenvalue weighted by Gasteiger charge is -2.14. The first-order chi connectivity index (χ1) is 16.7. The molecule has 10 heteroatoms. The fraction of sp³-hybridized carbons (Fsp3) is 0.200. The number of nitrogens with zero attached hydrogens (tertiary/aromatic N) is 1. The van der Waals surface area contributed by atoms with Crippen molar-refractivity contribution < 1.29 is 24.0 Å². The summed E-state index contributed by atoms with van der Waals surface area (Å²) in [6.07, 6.45) is 0. The predicted octanol–water partition coefficient (Wildman–Crippen LogP) is 5.29. The van der Waals surface area contributed by atoms with Crippen molar-refractivity contribution in [1.29, 1.82) is 0 Å². The summed E-state index contributed by atoms with van der Waals surface area (Å²) in [5.74, 6) is 0.478. The zero-order chi connectivity index (χ0) is 25.5. The van der Waals surface area contributed by atoms with Crippen LogP contribution in [0.1, 0.15) is 22.8 Å². The summed E-state index contributed by atoms with van der Waals surface area (Å²) >= 11 is 1.35. The number of hydrogen-bond acceptors (Lipinski definition) is 7. The number of carbonyl (C=O) groups is 2. The smallest absolute Gasteiger partial charge is 0.269 e. The molecule has 1 atom stereocenters. The van der Waals surface area contributed by atoms with Gasteiger partial charge in [0.05, 0.1) is 24.4 Å². The third-order valence-electron chi connectivity index (χ3n) is 5.12. The van der Waals surface area contributed by atoms with Crippen LogP contribution in [-0.4, -0.2) is 36.2 Å². The lowest BCUT2D eigenvalue weighted by Crippen LogP contribution is -2.22. The third-order valence-corrected chi connectivity index (χ3v) is 6.23. The zero-order valence-electron chi connectivity index (χ0n) is 19.7. The van der Waals surface area contributed by atoms with Gasteiger partial charge in [-0.05, 0) is 67.9 Å². The Kier molecular flexibility index (Phi) is 8.32. The van der Waals surface area contributed by atoms with Crippen molar-refractivity contribution in [3.8, 4) is 11.5 Å². The molecule has 2 N–H and O–H groups in total. The van der Waals surface area contributed by atoms with Crippen LogP contribution in [0.2, 0.25) is 0 Å². The first-order valence-electron chi connectivity index (χ1n) is 10.6. The molecule has 9 nitrogen and oxygen atoms in total. The van der Waals surface area contributed by atoms with Crippen LogP contribution in [0.5, 0.6) is 11.5 Å². The van der Waals surface area contributed by atoms with Crippen LogP contribution in [-0.2, 0) is 4.79 Å². The van der Waals surface area contributed by atoms with E-state index in [1.807, 2.05) is 12.1 Å². The Morgan fingerprint density at radius 2 is 1.63 bits per heavy atom. The Balaban J connectivity index is 1.59. The van der Waals surface area contributed by atoms with Crippen molar-refractivity contribution in [2.75, 3.05) is 24.9 Å². The molecular weight excluding hydrogens is 470 g/mol. The molecule has 0 aliphatic rings. The highest BCUT2D eigenvalue weighted by Crippen LogP contribution is 2.29. The fourth-order valence-corrected chi connectivity index (χ4v) is 4.06. The van der Waals surface area contributed by atoms with Gasteiger partial charge >= 0.3 is 0 Å². The lowest BCUT2D eigenvalue weighted by molar-refractivity contribution is -0.384. The van der Waals surface area contributed by atoms with Gasteiger partial charge in [0.1, 0.15) is 0 Å². The van der Waals surface area contributed by atoms with Gasteiger partial charge in [0.15, 0.2) is 11.5 Å². The summed E-state index contributed by atoms with van der Waals surface area (Å²) in [6, 6.07) is 16.4. The monoisotopic (exact) mass is 495 g/mol. The maximum absolute atomic E-state index is 12.6. The number of aryl methyl sites for hydroxylation is 1. The molecule has 35 heavy (non-hydrogen) atoms. The second-order valence-electron chi connectivity index (χ2n) is 7.55. The van der Waals surface area contributed by atoms with Crippen molar-refractivity contribution >= 4 is 40.6 Å². The number of carbonyl (C=O) groups excluding carboxylic acids is 2. The number of nitro benzene ring substituents is 1. The van der Waals surface area contributed by atoms with E-state index in [1.54, 1.807) is 44.2 Å². The molecule has 3 aromatic rings. The summed E-state index contributed by atoms with van der Waals surface area (Å²) in [6.45, 7) is 3.48. The van der Waals surface area contributed by atoms with Gasteiger partial charge < -0.3 is 20.1 Å². The summed E-state index contributed by atoms with van der Waals surface area (Å²) < 4.78 is 10.4. The van der Waals surface area contributed by atoms with E-state index >= 15 is 0 Å². The Bertz CT molecular complexity index is 1250. The van der Waals surface area contributed by atoms with E-state index in [1.165, 1.54) is 44.2 Å². The molecule has 0 radical (unpaired) electrons. The second-order valence-corrected chi connectivity index (χ2v) is 8.97. The lowest BCUT2D eigenvalue weighted by atomic mass is 10.2. The van der Waals surface area contributed by atoms with Gasteiger partial charge in [-0.2, -0.15) is 0 Å². The predicted molar refractivity (Wildman–Crippen MR) is 136 cm³/mol. The summed E-state index contributed by atoms with van der Waals surface area (Å²) in [5.41, 5.74) is 2.14. The van der Waals surface area contributed by atoms with Crippen LogP contribution in [0.4, 0.5) is 17.1 Å². The van der Waals surface area contributed by atoms with Crippen LogP contribution in [0.25, 0.3) is 0 Å². The highest BCUT2D eigenvalue weighted by molar-refractivity contribution is 8.00. The first kappa shape index (κ1) is 25.6. The number of thioether (sulfide) groups is 1. The van der Waals surface area contributed by atoms with Crippen molar-refractivity contribution in [3.05, 3.63) is 81.9 Å². The molecule has 0 aliphatic heterocycles. The van der Waals surface area contributed by atoms with Crippen molar-refractivity contribution in [2.45, 2.75) is 24.0 Å². The van der Waals surface area contributed by atoms with E-state index in [0.29, 0.717) is 34.0 Å². The van der Waals surface area contributed by atoms with Crippen LogP contribution in [0.15, 0.2) is 65.6 Å². The Morgan fingerprint density at radius 3 is 2.23 bits per heavy atom. The minimum Gasteiger partial charge on any atom is -0.493 e. The molecule has 0 aliphatic carbocycles. The average molecular weight is 496 g/mol. The molecule has 0 saturated carbocycles. The molecule has 2 amide bonds. The maximum Gasteiger partial charge on any atom is 0.269 e. The van der Waals surface area contributed by atoms with E-state index in [0.717, 1.165) is 4.90 Å². The van der Waals surface area contributed by atoms with E-state index in [4.69, 9.17) is 9.47 Å². The number of nitrogens with one attached hydrogen (secondary N) is 2. The molecule has 0 fully saturated rings. The number of amides is 2. The van der Waals surface area contributed by atoms with Crippen LogP contribution in [0, 0.1) is 17.0 Å². The molecular formula is C25H25N3O6S. The van der Waals surface area contributed by atoms with Crippen molar-refractivity contribution in [2.24, 2.45) is 0 Å². The zero-order valence-corrected chi connectivity index (χ0v) is 20.5. The topological polar surface area (TPSA) is 120 Å². The van der Waals surface area contributed by atoms with Gasteiger partial charge in [0, 0.05) is 34.0 Å². The molecule has 3 rings (SSSR count). The number of rotatable bonds is 9. The van der Waals surface area contributed by atoms with Gasteiger partial charge in [-0.15, -0.1) is 11.8 Å². The molecule has 182 valence electrons. The highest BCUT2D eigenvalue weighted by atomic mass is 32.2. The molecule has 0 saturated heterocycles. The summed E-state index contributed by atoms with van der Waals surface area (Å²) in [7, 11) is 3.03. The largest absolute Gasteiger partial charge is 0.493 e. The third kappa shape index (κ3) is 6.51. The number of ether oxygens (including phenoxy) is 2. The number of nitro groups is 1. The van der Waals surface area contributed by atoms with Crippen LogP contribution < -0.4 is 20.1 Å². The molecule has 0 spiro atoms. The number of non-ortho nitro benzene ring substituents is 1. The van der Waals surface area contributed by atoms with Gasteiger partial charge in [0.2, 0.25) is 5.91 Å². The Hall–Kier alpha value is -4.05. The minimum absolute atomic E-state index is 0.0266. The molecule has 0 bridgehead atoms. The fourth-order valence-electron chi connectivity index (χ4n) is 3.19. The van der Waals surface area contributed by atoms with Gasteiger partial charge in [-0.3, -0.25) is 19.7 Å². The summed E-state index contributed by atoms with van der Waals surface area (Å²) in [5, 5.41) is 16.1. The van der Waals surface area contributed by atoms with Gasteiger partial charge in [-0.1, -0.05) is 0 Å². The minimum atomic E-state index is -0.475. The number of benzene rings is 3. The normalized spacial score (nSPS) is 11.3. The van der Waals surface area contributed by atoms with E-state index in [-0.39, 0.29) is 17.5 Å². The van der Waals surface area contributed by atoms with Crippen molar-refractivity contribution in [3.63, 3.8) is 0 Å². The quantitative estimate of drug-likeness (QED) is 0.235. The molecule has 0 heterocycles. The average Bonchev–Trinajstić information content (AvgIpc) is 2.85. The maximum atomic E-state index is 12.6. The summed E-state index contributed by atoms with van der Waals surface area (Å²) in [4.78, 5) is 36.5. The Labute approximate surface area is 207 Å². The van der Waals surface area contributed by atoms with E-state index in [2.05, 4.69) is 10.6 Å². The standard InChI is InChI=1S/C25H25N3O6S/c1-15-13-19(28(31)32)8-11-21(15)27-24(29)16(2)35-20-9-6-18(7-10-20)26-25(30)17-5-12-22(33-3)23(14-17)34-4/h5-14,16H,1-4H3,(H,26,30)(H,27,29). The van der Waals surface area contributed by atoms with Crippen LogP contribution >= 0.6 is 11.8 Å². The second kappa shape index (κ2) is 11.4. The van der Waals surface area contributed by atoms with Crippen molar-refractivity contribution in [1.82, 2.24) is 0 Å². The van der Waals surface area contributed by atoms with Gasteiger partial charge in [0.25, 0.3) is 11.6 Å². The number of methoxy groups -OCH3 is 2. The molecule has 0 aromatic heterocycles.